The normalized spacial score (nSPS) is 17.7. The maximum absolute atomic E-state index is 11.6. The molecule has 1 fully saturated rings. The number of nitrogens with zero attached hydrogens (tertiary/aromatic N) is 1. The number of ether oxygens (including phenoxy) is 1. The molecular weight excluding hydrogens is 318 g/mol. The van der Waals surface area contributed by atoms with E-state index in [1.165, 1.54) is 16.5 Å². The highest BCUT2D eigenvalue weighted by Crippen LogP contribution is 2.33. The minimum Gasteiger partial charge on any atom is -0.496 e. The van der Waals surface area contributed by atoms with Crippen molar-refractivity contribution >= 4 is 31.7 Å². The summed E-state index contributed by atoms with van der Waals surface area (Å²) in [6, 6.07) is 12.4. The van der Waals surface area contributed by atoms with Crippen molar-refractivity contribution in [1.82, 2.24) is 4.31 Å². The Morgan fingerprint density at radius 1 is 1.05 bits per heavy atom. The van der Waals surface area contributed by atoms with E-state index >= 15 is 0 Å². The third-order valence-electron chi connectivity index (χ3n) is 4.02. The molecule has 0 radical (unpaired) electrons. The van der Waals surface area contributed by atoms with Crippen LogP contribution in [0.4, 0.5) is 0 Å². The molecule has 0 unspecified atom stereocenters. The van der Waals surface area contributed by atoms with Gasteiger partial charge in [-0.2, -0.15) is 4.31 Å². The lowest BCUT2D eigenvalue weighted by molar-refractivity contribution is 0.419. The molecule has 22 heavy (non-hydrogen) atoms. The summed E-state index contributed by atoms with van der Waals surface area (Å²) < 4.78 is 30.3. The van der Waals surface area contributed by atoms with Gasteiger partial charge in [0, 0.05) is 21.7 Å². The van der Waals surface area contributed by atoms with Crippen LogP contribution >= 0.6 is 0 Å². The molecule has 0 atom stereocenters. The van der Waals surface area contributed by atoms with Crippen molar-refractivity contribution in [2.75, 3.05) is 38.0 Å². The van der Waals surface area contributed by atoms with E-state index in [0.29, 0.717) is 13.1 Å². The van der Waals surface area contributed by atoms with Crippen LogP contribution < -0.4 is 4.74 Å². The minimum atomic E-state index is -3.07. The largest absolute Gasteiger partial charge is 0.496 e. The zero-order valence-corrected chi connectivity index (χ0v) is 14.4. The van der Waals surface area contributed by atoms with Crippen molar-refractivity contribution in [1.29, 1.82) is 0 Å². The Morgan fingerprint density at radius 3 is 2.27 bits per heavy atom. The average Bonchev–Trinajstić information content (AvgIpc) is 2.53. The number of fused-ring (bicyclic) bond motifs is 1. The third-order valence-corrected chi connectivity index (χ3v) is 7.65. The molecule has 1 heterocycles. The number of hydrogen-bond acceptors (Lipinski definition) is 3. The highest BCUT2D eigenvalue weighted by atomic mass is 32.2. The van der Waals surface area contributed by atoms with Gasteiger partial charge in [-0.3, -0.25) is 0 Å². The Kier molecular flexibility index (Phi) is 4.34. The maximum atomic E-state index is 11.6. The van der Waals surface area contributed by atoms with Crippen molar-refractivity contribution in [2.45, 2.75) is 4.90 Å². The van der Waals surface area contributed by atoms with Crippen molar-refractivity contribution in [3.05, 3.63) is 36.4 Å². The van der Waals surface area contributed by atoms with Crippen LogP contribution in [0.5, 0.6) is 5.75 Å². The summed E-state index contributed by atoms with van der Waals surface area (Å²) in [6.45, 7) is 1.23. The van der Waals surface area contributed by atoms with Gasteiger partial charge in [-0.05, 0) is 18.2 Å². The van der Waals surface area contributed by atoms with Crippen molar-refractivity contribution < 1.29 is 13.2 Å². The summed E-state index contributed by atoms with van der Waals surface area (Å²) >= 11 is 0. The lowest BCUT2D eigenvalue weighted by Crippen LogP contribution is -2.43. The second kappa shape index (κ2) is 6.10. The van der Waals surface area contributed by atoms with Gasteiger partial charge in [0.25, 0.3) is 0 Å². The fourth-order valence-electron chi connectivity index (χ4n) is 2.86. The monoisotopic (exact) mass is 338 g/mol. The maximum Gasteiger partial charge on any atom is 0.211 e. The van der Waals surface area contributed by atoms with E-state index in [1.54, 1.807) is 11.4 Å². The number of benzene rings is 2. The van der Waals surface area contributed by atoms with Gasteiger partial charge in [0.05, 0.1) is 26.5 Å². The molecule has 6 heteroatoms. The van der Waals surface area contributed by atoms with Crippen LogP contribution in [0.15, 0.2) is 41.3 Å². The van der Waals surface area contributed by atoms with E-state index in [2.05, 4.69) is 18.2 Å². The Bertz CT molecular complexity index is 781. The lowest BCUT2D eigenvalue weighted by Gasteiger charge is -2.25. The number of hydrogen-bond donors (Lipinski definition) is 0. The Labute approximate surface area is 134 Å². The molecule has 1 saturated heterocycles. The molecule has 3 rings (SSSR count). The van der Waals surface area contributed by atoms with E-state index in [0.717, 1.165) is 22.6 Å². The first-order chi connectivity index (χ1) is 10.5. The van der Waals surface area contributed by atoms with E-state index in [4.69, 9.17) is 4.74 Å². The molecule has 0 aromatic heterocycles. The Hall–Kier alpha value is -1.24. The van der Waals surface area contributed by atoms with Crippen molar-refractivity contribution in [3.8, 4) is 5.75 Å². The van der Waals surface area contributed by atoms with Crippen LogP contribution in [0.3, 0.4) is 0 Å². The van der Waals surface area contributed by atoms with Crippen LogP contribution in [0.1, 0.15) is 0 Å². The van der Waals surface area contributed by atoms with Gasteiger partial charge < -0.3 is 4.74 Å². The molecule has 4 nitrogen and oxygen atoms in total. The summed E-state index contributed by atoms with van der Waals surface area (Å²) in [5.74, 6) is 2.67. The van der Waals surface area contributed by atoms with E-state index in [9.17, 15) is 8.42 Å². The number of methoxy groups -OCH3 is 1. The zero-order valence-electron chi connectivity index (χ0n) is 12.8. The first kappa shape index (κ1) is 15.6. The first-order valence-electron chi connectivity index (χ1n) is 7.19. The average molecular weight is 338 g/mol. The fourth-order valence-corrected chi connectivity index (χ4v) is 6.21. The quantitative estimate of drug-likeness (QED) is 0.805. The van der Waals surface area contributed by atoms with Gasteiger partial charge in [-0.1, -0.05) is 18.2 Å². The van der Waals surface area contributed by atoms with Crippen LogP contribution in [0.2, 0.25) is 0 Å². The van der Waals surface area contributed by atoms with Gasteiger partial charge >= 0.3 is 0 Å². The molecule has 0 aliphatic carbocycles. The molecule has 118 valence electrons. The van der Waals surface area contributed by atoms with Gasteiger partial charge in [0.2, 0.25) is 10.0 Å². The van der Waals surface area contributed by atoms with Crippen LogP contribution in [0.25, 0.3) is 10.8 Å². The van der Waals surface area contributed by atoms with Crippen molar-refractivity contribution in [2.24, 2.45) is 0 Å². The smallest absolute Gasteiger partial charge is 0.211 e. The van der Waals surface area contributed by atoms with Crippen LogP contribution in [-0.4, -0.2) is 50.7 Å². The summed E-state index contributed by atoms with van der Waals surface area (Å²) in [7, 11) is -1.29. The van der Waals surface area contributed by atoms with Crippen LogP contribution in [-0.2, 0) is 20.9 Å². The SMILES string of the molecule is COc1ccc([S+]2CCN(S(C)(=O)=O)CC2)c2ccccc12. The Morgan fingerprint density at radius 2 is 1.68 bits per heavy atom. The molecule has 0 saturated carbocycles. The van der Waals surface area contributed by atoms with Gasteiger partial charge in [-0.15, -0.1) is 0 Å². The lowest BCUT2D eigenvalue weighted by atomic mass is 10.1. The first-order valence-corrected chi connectivity index (χ1v) is 10.6. The highest BCUT2D eigenvalue weighted by Gasteiger charge is 2.33. The summed E-state index contributed by atoms with van der Waals surface area (Å²) in [5, 5.41) is 2.35. The molecule has 0 N–H and O–H groups in total. The molecule has 0 amide bonds. The Balaban J connectivity index is 1.92. The molecule has 0 spiro atoms. The van der Waals surface area contributed by atoms with Crippen molar-refractivity contribution in [3.63, 3.8) is 0 Å². The standard InChI is InChI=1S/C16H20NO3S2/c1-20-15-7-8-16(14-6-4-3-5-13(14)15)21-11-9-17(10-12-21)22(2,18)19/h3-8H,9-12H2,1-2H3/q+1. The number of rotatable bonds is 3. The molecule has 1 aliphatic heterocycles. The topological polar surface area (TPSA) is 46.6 Å². The highest BCUT2D eigenvalue weighted by molar-refractivity contribution is 7.97. The molecule has 1 aliphatic rings. The summed E-state index contributed by atoms with van der Waals surface area (Å²) in [4.78, 5) is 1.32. The fraction of sp³-hybridized carbons (Fsp3) is 0.375. The predicted molar refractivity (Wildman–Crippen MR) is 92.3 cm³/mol. The summed E-state index contributed by atoms with van der Waals surface area (Å²) in [5.41, 5.74) is 0. The van der Waals surface area contributed by atoms with E-state index in [-0.39, 0.29) is 10.9 Å². The molecule has 2 aromatic carbocycles. The van der Waals surface area contributed by atoms with Gasteiger partial charge in [-0.25, -0.2) is 8.42 Å². The van der Waals surface area contributed by atoms with E-state index < -0.39 is 10.0 Å². The second-order valence-electron chi connectivity index (χ2n) is 5.37. The van der Waals surface area contributed by atoms with Gasteiger partial charge in [0.1, 0.15) is 17.3 Å². The van der Waals surface area contributed by atoms with E-state index in [1.807, 2.05) is 18.2 Å². The molecular formula is C16H20NO3S2+. The molecule has 0 bridgehead atoms. The third kappa shape index (κ3) is 2.95. The molecule has 2 aromatic rings. The van der Waals surface area contributed by atoms with Gasteiger partial charge in [0.15, 0.2) is 4.90 Å². The summed E-state index contributed by atoms with van der Waals surface area (Å²) in [6.07, 6.45) is 1.29. The number of sulfonamides is 1. The second-order valence-corrected chi connectivity index (χ2v) is 9.60. The zero-order chi connectivity index (χ0) is 15.7. The predicted octanol–water partition coefficient (Wildman–Crippen LogP) is 2.10. The minimum absolute atomic E-state index is 0.0900. The van der Waals surface area contributed by atoms with Crippen LogP contribution in [0, 0.1) is 0 Å².